The monoisotopic (exact) mass is 221 g/mol. The third-order valence-corrected chi connectivity index (χ3v) is 3.36. The average molecular weight is 221 g/mol. The predicted molar refractivity (Wildman–Crippen MR) is 63.9 cm³/mol. The molecule has 0 aromatic carbocycles. The quantitative estimate of drug-likeness (QED) is 0.732. The number of rotatable bonds is 4. The Hall–Kier alpha value is -1.25. The van der Waals surface area contributed by atoms with Crippen molar-refractivity contribution in [1.82, 2.24) is 0 Å². The van der Waals surface area contributed by atoms with Gasteiger partial charge in [-0.3, -0.25) is 4.79 Å². The van der Waals surface area contributed by atoms with E-state index in [2.05, 4.69) is 4.90 Å². The molecule has 0 atom stereocenters. The van der Waals surface area contributed by atoms with Crippen molar-refractivity contribution in [3.63, 3.8) is 0 Å². The van der Waals surface area contributed by atoms with E-state index < -0.39 is 0 Å². The number of furan rings is 1. The van der Waals surface area contributed by atoms with Crippen LogP contribution in [0.25, 0.3) is 0 Å². The van der Waals surface area contributed by atoms with Crippen molar-refractivity contribution >= 4 is 12.2 Å². The molecule has 0 saturated heterocycles. The first-order valence-electron chi connectivity index (χ1n) is 6.06. The van der Waals surface area contributed by atoms with E-state index in [1.807, 2.05) is 13.1 Å². The first-order valence-corrected chi connectivity index (χ1v) is 6.06. The van der Waals surface area contributed by atoms with Crippen LogP contribution >= 0.6 is 0 Å². The molecule has 0 N–H and O–H groups in total. The van der Waals surface area contributed by atoms with Crippen LogP contribution in [0.4, 0.5) is 5.88 Å². The van der Waals surface area contributed by atoms with Gasteiger partial charge in [-0.1, -0.05) is 19.3 Å². The molecular formula is C13H19NO2. The number of anilines is 1. The predicted octanol–water partition coefficient (Wildman–Crippen LogP) is 3.11. The second kappa shape index (κ2) is 5.19. The first kappa shape index (κ1) is 11.2. The molecular weight excluding hydrogens is 202 g/mol. The van der Waals surface area contributed by atoms with Gasteiger partial charge in [0.05, 0.1) is 0 Å². The molecule has 1 aromatic heterocycles. The van der Waals surface area contributed by atoms with Crippen LogP contribution in [-0.4, -0.2) is 19.9 Å². The minimum Gasteiger partial charge on any atom is -0.438 e. The van der Waals surface area contributed by atoms with Gasteiger partial charge in [-0.05, 0) is 24.8 Å². The maximum absolute atomic E-state index is 10.5. The van der Waals surface area contributed by atoms with Crippen molar-refractivity contribution in [3.8, 4) is 0 Å². The summed E-state index contributed by atoms with van der Waals surface area (Å²) in [6, 6.07) is 3.59. The molecule has 88 valence electrons. The highest BCUT2D eigenvalue weighted by Crippen LogP contribution is 2.26. The molecule has 0 aliphatic heterocycles. The van der Waals surface area contributed by atoms with Crippen LogP contribution in [0, 0.1) is 5.92 Å². The number of nitrogens with zero attached hydrogens (tertiary/aromatic N) is 1. The van der Waals surface area contributed by atoms with E-state index in [1.165, 1.54) is 32.1 Å². The van der Waals surface area contributed by atoms with Crippen LogP contribution in [0.15, 0.2) is 16.5 Å². The Morgan fingerprint density at radius 1 is 1.38 bits per heavy atom. The minimum atomic E-state index is 0.408. The summed E-state index contributed by atoms with van der Waals surface area (Å²) in [4.78, 5) is 12.6. The van der Waals surface area contributed by atoms with Gasteiger partial charge in [-0.15, -0.1) is 0 Å². The maximum atomic E-state index is 10.5. The van der Waals surface area contributed by atoms with Crippen molar-refractivity contribution in [2.24, 2.45) is 5.92 Å². The molecule has 1 heterocycles. The average Bonchev–Trinajstić information content (AvgIpc) is 2.79. The van der Waals surface area contributed by atoms with Gasteiger partial charge >= 0.3 is 0 Å². The zero-order valence-electron chi connectivity index (χ0n) is 9.82. The summed E-state index contributed by atoms with van der Waals surface area (Å²) in [5.74, 6) is 1.99. The summed E-state index contributed by atoms with van der Waals surface area (Å²) in [5, 5.41) is 0. The highest BCUT2D eigenvalue weighted by molar-refractivity contribution is 5.71. The molecule has 16 heavy (non-hydrogen) atoms. The zero-order chi connectivity index (χ0) is 11.4. The van der Waals surface area contributed by atoms with Gasteiger partial charge in [0.2, 0.25) is 0 Å². The molecule has 3 nitrogen and oxygen atoms in total. The molecule has 0 unspecified atom stereocenters. The van der Waals surface area contributed by atoms with Gasteiger partial charge in [0, 0.05) is 19.7 Å². The van der Waals surface area contributed by atoms with Crippen molar-refractivity contribution in [2.45, 2.75) is 32.1 Å². The van der Waals surface area contributed by atoms with Crippen molar-refractivity contribution in [1.29, 1.82) is 0 Å². The Bertz CT molecular complexity index is 339. The number of aldehydes is 1. The molecule has 0 amide bonds. The summed E-state index contributed by atoms with van der Waals surface area (Å²) in [6.45, 7) is 1.03. The van der Waals surface area contributed by atoms with Gasteiger partial charge < -0.3 is 9.32 Å². The third-order valence-electron chi connectivity index (χ3n) is 3.36. The maximum Gasteiger partial charge on any atom is 0.196 e. The number of hydrogen-bond donors (Lipinski definition) is 0. The van der Waals surface area contributed by atoms with Crippen LogP contribution in [0.3, 0.4) is 0 Å². The Morgan fingerprint density at radius 3 is 2.75 bits per heavy atom. The summed E-state index contributed by atoms with van der Waals surface area (Å²) < 4.78 is 5.39. The molecule has 3 heteroatoms. The first-order chi connectivity index (χ1) is 7.79. The molecule has 1 aliphatic carbocycles. The van der Waals surface area contributed by atoms with Crippen LogP contribution in [0.2, 0.25) is 0 Å². The van der Waals surface area contributed by atoms with E-state index in [0.29, 0.717) is 5.76 Å². The largest absolute Gasteiger partial charge is 0.438 e. The highest BCUT2D eigenvalue weighted by atomic mass is 16.4. The van der Waals surface area contributed by atoms with Gasteiger partial charge in [-0.2, -0.15) is 0 Å². The number of carbonyl (C=O) groups excluding carboxylic acids is 1. The van der Waals surface area contributed by atoms with Crippen molar-refractivity contribution < 1.29 is 9.21 Å². The van der Waals surface area contributed by atoms with Crippen molar-refractivity contribution in [2.75, 3.05) is 18.5 Å². The molecule has 1 fully saturated rings. The van der Waals surface area contributed by atoms with Gasteiger partial charge in [0.15, 0.2) is 17.9 Å². The fourth-order valence-electron chi connectivity index (χ4n) is 2.46. The second-order valence-electron chi connectivity index (χ2n) is 4.68. The molecule has 1 saturated carbocycles. The summed E-state index contributed by atoms with van der Waals surface area (Å²) in [7, 11) is 2.03. The molecule has 1 aliphatic rings. The van der Waals surface area contributed by atoms with E-state index in [-0.39, 0.29) is 0 Å². The molecule has 0 bridgehead atoms. The lowest BCUT2D eigenvalue weighted by molar-refractivity contribution is 0.110. The van der Waals surface area contributed by atoms with E-state index in [9.17, 15) is 4.79 Å². The van der Waals surface area contributed by atoms with Crippen LogP contribution in [-0.2, 0) is 0 Å². The fourth-order valence-corrected chi connectivity index (χ4v) is 2.46. The molecule has 0 radical (unpaired) electrons. The Labute approximate surface area is 96.4 Å². The normalized spacial score (nSPS) is 17.3. The molecule has 1 aromatic rings. The van der Waals surface area contributed by atoms with Crippen LogP contribution in [0.1, 0.15) is 42.7 Å². The third kappa shape index (κ3) is 2.65. The molecule has 0 spiro atoms. The second-order valence-corrected chi connectivity index (χ2v) is 4.68. The van der Waals surface area contributed by atoms with E-state index in [1.54, 1.807) is 6.07 Å². The summed E-state index contributed by atoms with van der Waals surface area (Å²) >= 11 is 0. The highest BCUT2D eigenvalue weighted by Gasteiger charge is 2.16. The lowest BCUT2D eigenvalue weighted by atomic mass is 9.89. The standard InChI is InChI=1S/C13H19NO2/c1-14(9-11-5-3-2-4-6-11)13-8-7-12(10-15)16-13/h7-8,10-11H,2-6,9H2,1H3. The zero-order valence-corrected chi connectivity index (χ0v) is 9.82. The van der Waals surface area contributed by atoms with E-state index in [4.69, 9.17) is 4.42 Å². The fraction of sp³-hybridized carbons (Fsp3) is 0.615. The van der Waals surface area contributed by atoms with E-state index >= 15 is 0 Å². The Balaban J connectivity index is 1.90. The SMILES string of the molecule is CN(CC1CCCCC1)c1ccc(C=O)o1. The summed E-state index contributed by atoms with van der Waals surface area (Å²) in [6.07, 6.45) is 7.50. The Morgan fingerprint density at radius 2 is 2.12 bits per heavy atom. The van der Waals surface area contributed by atoms with E-state index in [0.717, 1.165) is 24.6 Å². The van der Waals surface area contributed by atoms with Crippen molar-refractivity contribution in [3.05, 3.63) is 17.9 Å². The lowest BCUT2D eigenvalue weighted by Gasteiger charge is -2.26. The van der Waals surface area contributed by atoms with Gasteiger partial charge in [0.25, 0.3) is 0 Å². The number of carbonyl (C=O) groups is 1. The van der Waals surface area contributed by atoms with Crippen LogP contribution < -0.4 is 4.90 Å². The lowest BCUT2D eigenvalue weighted by Crippen LogP contribution is -2.26. The van der Waals surface area contributed by atoms with Gasteiger partial charge in [-0.25, -0.2) is 0 Å². The topological polar surface area (TPSA) is 33.5 Å². The smallest absolute Gasteiger partial charge is 0.196 e. The van der Waals surface area contributed by atoms with Crippen LogP contribution in [0.5, 0.6) is 0 Å². The summed E-state index contributed by atoms with van der Waals surface area (Å²) in [5.41, 5.74) is 0. The van der Waals surface area contributed by atoms with Gasteiger partial charge in [0.1, 0.15) is 0 Å². The Kier molecular flexibility index (Phi) is 3.65. The molecule has 2 rings (SSSR count). The minimum absolute atomic E-state index is 0.408. The number of hydrogen-bond acceptors (Lipinski definition) is 3.